The van der Waals surface area contributed by atoms with E-state index in [0.717, 1.165) is 10.6 Å². The molecule has 2 heterocycles. The highest BCUT2D eigenvalue weighted by Gasteiger charge is 2.14. The van der Waals surface area contributed by atoms with Crippen molar-refractivity contribution >= 4 is 34.3 Å². The van der Waals surface area contributed by atoms with Crippen LogP contribution in [0.4, 0.5) is 0 Å². The van der Waals surface area contributed by atoms with Crippen LogP contribution in [0.2, 0.25) is 0 Å². The predicted octanol–water partition coefficient (Wildman–Crippen LogP) is 4.15. The summed E-state index contributed by atoms with van der Waals surface area (Å²) in [6.07, 6.45) is 0. The maximum Gasteiger partial charge on any atom is 0.129 e. The van der Waals surface area contributed by atoms with Gasteiger partial charge < -0.3 is 4.74 Å². The molecule has 2 aromatic rings. The molecule has 0 bridgehead atoms. The van der Waals surface area contributed by atoms with Crippen molar-refractivity contribution in [3.63, 3.8) is 0 Å². The number of halogens is 1. The molecule has 0 saturated heterocycles. The quantitative estimate of drug-likeness (QED) is 0.738. The van der Waals surface area contributed by atoms with E-state index in [4.69, 9.17) is 16.3 Å². The van der Waals surface area contributed by atoms with Crippen LogP contribution < -0.4 is 4.74 Å². The van der Waals surface area contributed by atoms with Crippen molar-refractivity contribution in [2.45, 2.75) is 5.38 Å². The van der Waals surface area contributed by atoms with Crippen LogP contribution in [0.1, 0.15) is 15.1 Å². The molecule has 0 aliphatic carbocycles. The molecule has 0 radical (unpaired) electrons. The molecule has 0 fully saturated rings. The lowest BCUT2D eigenvalue weighted by molar-refractivity contribution is 0.416. The fourth-order valence-electron chi connectivity index (χ4n) is 1.15. The van der Waals surface area contributed by atoms with Gasteiger partial charge in [0.2, 0.25) is 0 Å². The first kappa shape index (κ1) is 10.0. The standard InChI is InChI=1S/C10H9ClOS2/c1-12-7-5-9(14-6-7)10(11)8-3-2-4-13-8/h2-6,10H,1H3. The molecule has 2 aromatic heterocycles. The monoisotopic (exact) mass is 244 g/mol. The van der Waals surface area contributed by atoms with Gasteiger partial charge in [0.25, 0.3) is 0 Å². The average molecular weight is 245 g/mol. The Morgan fingerprint density at radius 3 is 2.79 bits per heavy atom. The molecule has 0 aromatic carbocycles. The zero-order chi connectivity index (χ0) is 9.97. The van der Waals surface area contributed by atoms with Gasteiger partial charge >= 0.3 is 0 Å². The van der Waals surface area contributed by atoms with Crippen LogP contribution in [0, 0.1) is 0 Å². The number of hydrogen-bond donors (Lipinski definition) is 0. The normalized spacial score (nSPS) is 12.7. The molecule has 0 spiro atoms. The van der Waals surface area contributed by atoms with Crippen molar-refractivity contribution in [2.75, 3.05) is 7.11 Å². The molecule has 0 saturated carbocycles. The van der Waals surface area contributed by atoms with Gasteiger partial charge in [-0.3, -0.25) is 0 Å². The summed E-state index contributed by atoms with van der Waals surface area (Å²) in [7, 11) is 1.67. The van der Waals surface area contributed by atoms with E-state index in [0.29, 0.717) is 0 Å². The Bertz CT molecular complexity index is 394. The van der Waals surface area contributed by atoms with Gasteiger partial charge in [0, 0.05) is 15.1 Å². The largest absolute Gasteiger partial charge is 0.496 e. The maximum absolute atomic E-state index is 6.31. The van der Waals surface area contributed by atoms with Crippen molar-refractivity contribution < 1.29 is 4.74 Å². The van der Waals surface area contributed by atoms with E-state index in [1.165, 1.54) is 4.88 Å². The van der Waals surface area contributed by atoms with Gasteiger partial charge in [-0.05, 0) is 17.5 Å². The van der Waals surface area contributed by atoms with Gasteiger partial charge in [-0.1, -0.05) is 6.07 Å². The summed E-state index contributed by atoms with van der Waals surface area (Å²) in [6.45, 7) is 0. The second-order valence-electron chi connectivity index (χ2n) is 2.77. The minimum Gasteiger partial charge on any atom is -0.496 e. The van der Waals surface area contributed by atoms with E-state index < -0.39 is 0 Å². The van der Waals surface area contributed by atoms with Gasteiger partial charge in [0.05, 0.1) is 7.11 Å². The molecule has 14 heavy (non-hydrogen) atoms. The van der Waals surface area contributed by atoms with Gasteiger partial charge in [0.1, 0.15) is 11.1 Å². The Morgan fingerprint density at radius 1 is 1.36 bits per heavy atom. The first-order valence-electron chi connectivity index (χ1n) is 4.11. The number of ether oxygens (including phenoxy) is 1. The first-order chi connectivity index (χ1) is 6.81. The molecular formula is C10H9ClOS2. The van der Waals surface area contributed by atoms with E-state index in [-0.39, 0.29) is 5.38 Å². The highest BCUT2D eigenvalue weighted by atomic mass is 35.5. The molecule has 4 heteroatoms. The topological polar surface area (TPSA) is 9.23 Å². The van der Waals surface area contributed by atoms with Gasteiger partial charge in [-0.15, -0.1) is 34.3 Å². The second kappa shape index (κ2) is 4.34. The molecule has 0 N–H and O–H groups in total. The second-order valence-corrected chi connectivity index (χ2v) is 5.13. The van der Waals surface area contributed by atoms with Crippen LogP contribution in [0.25, 0.3) is 0 Å². The Balaban J connectivity index is 2.23. The summed E-state index contributed by atoms with van der Waals surface area (Å²) in [5.74, 6) is 0.882. The van der Waals surface area contributed by atoms with Crippen LogP contribution in [0.5, 0.6) is 5.75 Å². The van der Waals surface area contributed by atoms with Crippen LogP contribution in [-0.2, 0) is 0 Å². The molecular weight excluding hydrogens is 236 g/mol. The third kappa shape index (κ3) is 1.95. The van der Waals surface area contributed by atoms with Crippen molar-refractivity contribution in [3.8, 4) is 5.75 Å². The van der Waals surface area contributed by atoms with Crippen molar-refractivity contribution in [3.05, 3.63) is 38.7 Å². The molecule has 0 aliphatic rings. The van der Waals surface area contributed by atoms with Gasteiger partial charge in [-0.2, -0.15) is 0 Å². The van der Waals surface area contributed by atoms with E-state index in [9.17, 15) is 0 Å². The highest BCUT2D eigenvalue weighted by Crippen LogP contribution is 2.37. The van der Waals surface area contributed by atoms with Crippen molar-refractivity contribution in [1.82, 2.24) is 0 Å². The maximum atomic E-state index is 6.31. The Hall–Kier alpha value is -0.510. The van der Waals surface area contributed by atoms with E-state index in [1.54, 1.807) is 29.8 Å². The summed E-state index contributed by atoms with van der Waals surface area (Å²) in [4.78, 5) is 2.31. The number of thiophene rings is 2. The van der Waals surface area contributed by atoms with Gasteiger partial charge in [0.15, 0.2) is 0 Å². The van der Waals surface area contributed by atoms with Crippen LogP contribution in [-0.4, -0.2) is 7.11 Å². The molecule has 1 atom stereocenters. The summed E-state index contributed by atoms with van der Waals surface area (Å²) >= 11 is 9.62. The zero-order valence-electron chi connectivity index (χ0n) is 7.57. The molecule has 1 nitrogen and oxygen atoms in total. The third-order valence-corrected chi connectivity index (χ3v) is 4.52. The first-order valence-corrected chi connectivity index (χ1v) is 6.30. The molecule has 1 unspecified atom stereocenters. The zero-order valence-corrected chi connectivity index (χ0v) is 9.96. The van der Waals surface area contributed by atoms with Crippen LogP contribution in [0.15, 0.2) is 29.0 Å². The Morgan fingerprint density at radius 2 is 2.21 bits per heavy atom. The summed E-state index contributed by atoms with van der Waals surface area (Å²) in [5.41, 5.74) is 0. The van der Waals surface area contributed by atoms with E-state index >= 15 is 0 Å². The van der Waals surface area contributed by atoms with Gasteiger partial charge in [-0.25, -0.2) is 0 Å². The lowest BCUT2D eigenvalue weighted by Gasteiger charge is -2.02. The Kier molecular flexibility index (Phi) is 3.11. The SMILES string of the molecule is COc1csc(C(Cl)c2cccs2)c1. The summed E-state index contributed by atoms with van der Waals surface area (Å²) in [5, 5.41) is 3.97. The number of rotatable bonds is 3. The molecule has 0 aliphatic heterocycles. The minimum absolute atomic E-state index is 0.0381. The number of hydrogen-bond acceptors (Lipinski definition) is 3. The highest BCUT2D eigenvalue weighted by molar-refractivity contribution is 7.12. The van der Waals surface area contributed by atoms with E-state index in [1.807, 2.05) is 22.9 Å². The number of methoxy groups -OCH3 is 1. The summed E-state index contributed by atoms with van der Waals surface area (Å²) < 4.78 is 5.12. The minimum atomic E-state index is -0.0381. The molecule has 0 amide bonds. The fraction of sp³-hybridized carbons (Fsp3) is 0.200. The number of alkyl halides is 1. The van der Waals surface area contributed by atoms with Crippen LogP contribution in [0.3, 0.4) is 0 Å². The molecule has 74 valence electrons. The van der Waals surface area contributed by atoms with Crippen LogP contribution >= 0.6 is 34.3 Å². The van der Waals surface area contributed by atoms with Crippen molar-refractivity contribution in [1.29, 1.82) is 0 Å². The average Bonchev–Trinajstić information content (AvgIpc) is 2.88. The summed E-state index contributed by atoms with van der Waals surface area (Å²) in [6, 6.07) is 6.05. The van der Waals surface area contributed by atoms with Crippen molar-refractivity contribution in [2.24, 2.45) is 0 Å². The fourth-order valence-corrected chi connectivity index (χ4v) is 3.23. The molecule has 2 rings (SSSR count). The predicted molar refractivity (Wildman–Crippen MR) is 62.9 cm³/mol. The van der Waals surface area contributed by atoms with E-state index in [2.05, 4.69) is 6.07 Å². The third-order valence-electron chi connectivity index (χ3n) is 1.87. The lowest BCUT2D eigenvalue weighted by Crippen LogP contribution is -1.84. The Labute approximate surface area is 95.9 Å². The lowest BCUT2D eigenvalue weighted by atomic mass is 10.3. The smallest absolute Gasteiger partial charge is 0.129 e.